The van der Waals surface area contributed by atoms with Gasteiger partial charge in [-0.1, -0.05) is 12.8 Å². The molecule has 5 rings (SSSR count). The van der Waals surface area contributed by atoms with E-state index >= 15 is 0 Å². The lowest BCUT2D eigenvalue weighted by atomic mass is 9.46. The van der Waals surface area contributed by atoms with E-state index < -0.39 is 0 Å². The molecule has 0 aromatic rings. The van der Waals surface area contributed by atoms with Crippen molar-refractivity contribution in [3.63, 3.8) is 0 Å². The first kappa shape index (κ1) is 19.2. The van der Waals surface area contributed by atoms with E-state index in [1.165, 1.54) is 64.5 Å². The summed E-state index contributed by atoms with van der Waals surface area (Å²) in [4.78, 5) is 9.93. The van der Waals surface area contributed by atoms with Crippen molar-refractivity contribution in [2.24, 2.45) is 16.3 Å². The maximum absolute atomic E-state index is 6.08. The number of aliphatic imine (C=N–C) groups is 1. The summed E-state index contributed by atoms with van der Waals surface area (Å²) in [6.45, 7) is 5.89. The van der Waals surface area contributed by atoms with Crippen LogP contribution in [0.1, 0.15) is 51.4 Å². The van der Waals surface area contributed by atoms with Gasteiger partial charge < -0.3 is 15.0 Å². The quantitative estimate of drug-likeness (QED) is 0.380. The van der Waals surface area contributed by atoms with Gasteiger partial charge in [0.05, 0.1) is 6.10 Å². The van der Waals surface area contributed by atoms with Gasteiger partial charge >= 0.3 is 0 Å². The fourth-order valence-electron chi connectivity index (χ4n) is 6.41. The molecule has 3 heterocycles. The summed E-state index contributed by atoms with van der Waals surface area (Å²) in [7, 11) is 1.96. The zero-order chi connectivity index (χ0) is 16.9. The number of halogens is 1. The monoisotopic (exact) mass is 474 g/mol. The molecular weight excluding hydrogens is 439 g/mol. The number of fused-ring (bicyclic) bond motifs is 2. The van der Waals surface area contributed by atoms with Crippen LogP contribution in [-0.4, -0.2) is 73.8 Å². The van der Waals surface area contributed by atoms with Crippen molar-refractivity contribution < 1.29 is 4.74 Å². The van der Waals surface area contributed by atoms with Gasteiger partial charge in [-0.2, -0.15) is 0 Å². The minimum Gasteiger partial charge on any atom is -0.377 e. The normalized spacial score (nSPS) is 39.1. The standard InChI is InChI=1S/C20H34N4O.HI/c1-21-19(24-12-6-15(14-24)23-10-3-2-4-11-23)22-17-16-7-13-25-18(16)20(17)8-5-9-20;/h15-18H,2-14H2,1H3,(H,21,22);1H. The van der Waals surface area contributed by atoms with Crippen molar-refractivity contribution >= 4 is 29.9 Å². The second-order valence-electron chi connectivity index (χ2n) is 8.99. The molecule has 3 aliphatic heterocycles. The highest BCUT2D eigenvalue weighted by Gasteiger charge is 2.66. The van der Waals surface area contributed by atoms with Crippen LogP contribution in [0.15, 0.2) is 4.99 Å². The maximum atomic E-state index is 6.08. The average molecular weight is 474 g/mol. The first-order valence-electron chi connectivity index (χ1n) is 10.7. The van der Waals surface area contributed by atoms with E-state index in [2.05, 4.69) is 20.1 Å². The molecule has 4 atom stereocenters. The number of hydrogen-bond acceptors (Lipinski definition) is 3. The Balaban J connectivity index is 0.00000168. The van der Waals surface area contributed by atoms with E-state index in [1.54, 1.807) is 0 Å². The first-order valence-corrected chi connectivity index (χ1v) is 10.7. The summed E-state index contributed by atoms with van der Waals surface area (Å²) in [5.41, 5.74) is 0.434. The van der Waals surface area contributed by atoms with Gasteiger partial charge in [0.25, 0.3) is 0 Å². The molecule has 4 unspecified atom stereocenters. The van der Waals surface area contributed by atoms with Crippen molar-refractivity contribution in [1.29, 1.82) is 0 Å². The van der Waals surface area contributed by atoms with Crippen molar-refractivity contribution in [3.05, 3.63) is 0 Å². The third-order valence-electron chi connectivity index (χ3n) is 7.90. The summed E-state index contributed by atoms with van der Waals surface area (Å²) in [6.07, 6.45) is 11.3. The molecule has 148 valence electrons. The number of rotatable bonds is 2. The Labute approximate surface area is 175 Å². The van der Waals surface area contributed by atoms with Gasteiger partial charge in [-0.05, 0) is 51.6 Å². The summed E-state index contributed by atoms with van der Waals surface area (Å²) >= 11 is 0. The van der Waals surface area contributed by atoms with Crippen LogP contribution >= 0.6 is 24.0 Å². The summed E-state index contributed by atoms with van der Waals surface area (Å²) in [5.74, 6) is 1.87. The van der Waals surface area contributed by atoms with Gasteiger partial charge in [0.2, 0.25) is 0 Å². The summed E-state index contributed by atoms with van der Waals surface area (Å²) in [6, 6.07) is 1.34. The van der Waals surface area contributed by atoms with Crippen LogP contribution < -0.4 is 5.32 Å². The summed E-state index contributed by atoms with van der Waals surface area (Å²) < 4.78 is 6.08. The molecule has 0 bridgehead atoms. The van der Waals surface area contributed by atoms with Crippen LogP contribution in [0, 0.1) is 11.3 Å². The molecule has 5 aliphatic rings. The van der Waals surface area contributed by atoms with Crippen LogP contribution in [0.25, 0.3) is 0 Å². The van der Waals surface area contributed by atoms with Crippen molar-refractivity contribution in [2.45, 2.75) is 69.6 Å². The van der Waals surface area contributed by atoms with Gasteiger partial charge in [0.1, 0.15) is 0 Å². The van der Waals surface area contributed by atoms with E-state index in [0.717, 1.165) is 37.6 Å². The lowest BCUT2D eigenvalue weighted by Crippen LogP contribution is -2.72. The van der Waals surface area contributed by atoms with Gasteiger partial charge in [0, 0.05) is 50.2 Å². The summed E-state index contributed by atoms with van der Waals surface area (Å²) in [5, 5.41) is 3.91. The molecule has 6 heteroatoms. The van der Waals surface area contributed by atoms with Crippen molar-refractivity contribution in [1.82, 2.24) is 15.1 Å². The predicted octanol–water partition coefficient (Wildman–Crippen LogP) is 2.70. The highest BCUT2D eigenvalue weighted by molar-refractivity contribution is 14.0. The number of hydrogen-bond donors (Lipinski definition) is 1. The lowest BCUT2D eigenvalue weighted by molar-refractivity contribution is -0.171. The Kier molecular flexibility index (Phi) is 5.73. The molecule has 3 saturated heterocycles. The van der Waals surface area contributed by atoms with Gasteiger partial charge in [-0.3, -0.25) is 9.89 Å². The molecule has 0 aromatic heterocycles. The molecule has 0 amide bonds. The number of nitrogens with zero attached hydrogens (tertiary/aromatic N) is 3. The van der Waals surface area contributed by atoms with Crippen LogP contribution in [0.3, 0.4) is 0 Å². The van der Waals surface area contributed by atoms with E-state index in [9.17, 15) is 0 Å². The van der Waals surface area contributed by atoms with Crippen molar-refractivity contribution in [2.75, 3.05) is 39.8 Å². The smallest absolute Gasteiger partial charge is 0.193 e. The molecule has 1 N–H and O–H groups in total. The minimum atomic E-state index is 0. The number of nitrogens with one attached hydrogen (secondary N) is 1. The van der Waals surface area contributed by atoms with Crippen LogP contribution in [0.5, 0.6) is 0 Å². The van der Waals surface area contributed by atoms with Gasteiger partial charge in [0.15, 0.2) is 5.96 Å². The Bertz CT molecular complexity index is 532. The number of guanidine groups is 1. The lowest BCUT2D eigenvalue weighted by Gasteiger charge is -2.63. The van der Waals surface area contributed by atoms with E-state index in [1.807, 2.05) is 7.05 Å². The second-order valence-corrected chi connectivity index (χ2v) is 8.99. The highest BCUT2D eigenvalue weighted by Crippen LogP contribution is 2.62. The van der Waals surface area contributed by atoms with Crippen LogP contribution in [0.4, 0.5) is 0 Å². The molecule has 0 aromatic carbocycles. The number of likely N-dealkylation sites (tertiary alicyclic amines) is 2. The zero-order valence-corrected chi connectivity index (χ0v) is 18.5. The highest BCUT2D eigenvalue weighted by atomic mass is 127. The topological polar surface area (TPSA) is 40.1 Å². The fraction of sp³-hybridized carbons (Fsp3) is 0.950. The van der Waals surface area contributed by atoms with Crippen LogP contribution in [0.2, 0.25) is 0 Å². The molecule has 5 nitrogen and oxygen atoms in total. The molecular formula is C20H35IN4O. The second kappa shape index (κ2) is 7.74. The first-order chi connectivity index (χ1) is 12.3. The van der Waals surface area contributed by atoms with E-state index in [-0.39, 0.29) is 24.0 Å². The van der Waals surface area contributed by atoms with Gasteiger partial charge in [-0.25, -0.2) is 0 Å². The molecule has 5 fully saturated rings. The SMILES string of the molecule is CN=C(NC1C2CCOC2C12CCC2)N1CCC(N2CCCCC2)C1.I. The third kappa shape index (κ3) is 2.98. The minimum absolute atomic E-state index is 0. The zero-order valence-electron chi connectivity index (χ0n) is 16.2. The Morgan fingerprint density at radius 1 is 1.08 bits per heavy atom. The Hall–Kier alpha value is -0.0800. The van der Waals surface area contributed by atoms with Gasteiger partial charge in [-0.15, -0.1) is 24.0 Å². The van der Waals surface area contributed by atoms with E-state index in [4.69, 9.17) is 4.74 Å². The maximum Gasteiger partial charge on any atom is 0.193 e. The molecule has 2 aliphatic carbocycles. The fourth-order valence-corrected chi connectivity index (χ4v) is 6.41. The third-order valence-corrected chi connectivity index (χ3v) is 7.90. The molecule has 26 heavy (non-hydrogen) atoms. The number of piperidine rings is 1. The Morgan fingerprint density at radius 3 is 2.58 bits per heavy atom. The largest absolute Gasteiger partial charge is 0.377 e. The van der Waals surface area contributed by atoms with E-state index in [0.29, 0.717) is 17.6 Å². The predicted molar refractivity (Wildman–Crippen MR) is 115 cm³/mol. The average Bonchev–Trinajstić information content (AvgIpc) is 3.24. The van der Waals surface area contributed by atoms with Crippen molar-refractivity contribution in [3.8, 4) is 0 Å². The number of ether oxygens (including phenoxy) is 1. The molecule has 2 saturated carbocycles. The molecule has 1 spiro atoms. The van der Waals surface area contributed by atoms with Crippen LogP contribution in [-0.2, 0) is 4.74 Å². The molecule has 0 radical (unpaired) electrons. The Morgan fingerprint density at radius 2 is 1.88 bits per heavy atom.